The number of likely N-dealkylation sites (tertiary alicyclic amines) is 1. The third-order valence-electron chi connectivity index (χ3n) is 11.7. The summed E-state index contributed by atoms with van der Waals surface area (Å²) in [4.78, 5) is 37.1. The number of aromatic nitrogens is 2. The van der Waals surface area contributed by atoms with Crippen molar-refractivity contribution >= 4 is 45.9 Å². The maximum absolute atomic E-state index is 15.5. The Morgan fingerprint density at radius 2 is 1.75 bits per heavy atom. The van der Waals surface area contributed by atoms with Gasteiger partial charge in [0.15, 0.2) is 0 Å². The number of amides is 2. The fraction of sp³-hybridized carbons (Fsp3) is 0.550. The molecule has 0 spiro atoms. The summed E-state index contributed by atoms with van der Waals surface area (Å²) in [7, 11) is -2.06. The summed E-state index contributed by atoms with van der Waals surface area (Å²) in [5.41, 5.74) is -0.789. The summed E-state index contributed by atoms with van der Waals surface area (Å²) in [6, 6.07) is 7.53. The molecular formula is C40H47F7N8O3S. The van der Waals surface area contributed by atoms with Crippen molar-refractivity contribution in [2.75, 3.05) is 60.9 Å². The lowest BCUT2D eigenvalue weighted by Crippen LogP contribution is -2.52. The molecule has 2 aromatic carbocycles. The van der Waals surface area contributed by atoms with Gasteiger partial charge in [-0.25, -0.2) is 31.5 Å². The molecule has 5 unspecified atom stereocenters. The van der Waals surface area contributed by atoms with Crippen LogP contribution in [0.1, 0.15) is 80.9 Å². The van der Waals surface area contributed by atoms with E-state index in [0.29, 0.717) is 76.0 Å². The average Bonchev–Trinajstić information content (AvgIpc) is 3.19. The first kappa shape index (κ1) is 42.8. The van der Waals surface area contributed by atoms with Gasteiger partial charge in [-0.1, -0.05) is 13.0 Å². The van der Waals surface area contributed by atoms with Gasteiger partial charge in [0, 0.05) is 63.1 Å². The lowest BCUT2D eigenvalue weighted by atomic mass is 9.90. The second-order valence-corrected chi connectivity index (χ2v) is 17.2. The van der Waals surface area contributed by atoms with Gasteiger partial charge >= 0.3 is 6.18 Å². The van der Waals surface area contributed by atoms with Crippen LogP contribution in [0.3, 0.4) is 0 Å². The molecule has 3 N–H and O–H groups in total. The smallest absolute Gasteiger partial charge is 0.369 e. The molecule has 7 rings (SSSR count). The normalized spacial score (nSPS) is 24.4. The van der Waals surface area contributed by atoms with Crippen molar-refractivity contribution < 1.29 is 44.5 Å². The predicted octanol–water partition coefficient (Wildman–Crippen LogP) is 7.01. The van der Waals surface area contributed by atoms with Crippen molar-refractivity contribution in [3.63, 3.8) is 0 Å². The molecule has 0 bridgehead atoms. The van der Waals surface area contributed by atoms with Crippen molar-refractivity contribution in [3.8, 4) is 0 Å². The first-order valence-electron chi connectivity index (χ1n) is 19.9. The number of halogens is 7. The monoisotopic (exact) mass is 852 g/mol. The molecule has 4 aliphatic rings. The quantitative estimate of drug-likeness (QED) is 0.138. The van der Waals surface area contributed by atoms with Gasteiger partial charge in [-0.15, -0.1) is 0 Å². The molecule has 59 heavy (non-hydrogen) atoms. The summed E-state index contributed by atoms with van der Waals surface area (Å²) < 4.78 is 117. The van der Waals surface area contributed by atoms with E-state index in [1.807, 2.05) is 16.7 Å². The molecule has 5 atom stereocenters. The second kappa shape index (κ2) is 18.1. The van der Waals surface area contributed by atoms with Crippen molar-refractivity contribution in [2.45, 2.75) is 87.5 Å². The molecule has 0 radical (unpaired) electrons. The van der Waals surface area contributed by atoms with E-state index in [1.165, 1.54) is 23.1 Å². The van der Waals surface area contributed by atoms with E-state index in [-0.39, 0.29) is 53.1 Å². The topological polar surface area (TPSA) is 123 Å². The van der Waals surface area contributed by atoms with Crippen molar-refractivity contribution in [3.05, 3.63) is 65.1 Å². The van der Waals surface area contributed by atoms with Crippen LogP contribution < -0.4 is 25.2 Å². The summed E-state index contributed by atoms with van der Waals surface area (Å²) in [5, 5.41) is 4.93. The Bertz CT molecular complexity index is 2040. The predicted molar refractivity (Wildman–Crippen MR) is 208 cm³/mol. The minimum absolute atomic E-state index is 0.0226. The van der Waals surface area contributed by atoms with Gasteiger partial charge in [0.2, 0.25) is 17.8 Å². The fourth-order valence-corrected chi connectivity index (χ4v) is 9.63. The van der Waals surface area contributed by atoms with Crippen LogP contribution in [0.5, 0.6) is 0 Å². The highest BCUT2D eigenvalue weighted by molar-refractivity contribution is 7.83. The van der Waals surface area contributed by atoms with E-state index >= 15 is 8.78 Å². The zero-order valence-corrected chi connectivity index (χ0v) is 33.2. The minimum Gasteiger partial charge on any atom is -0.369 e. The number of imide groups is 1. The maximum Gasteiger partial charge on any atom is 0.421 e. The highest BCUT2D eigenvalue weighted by Crippen LogP contribution is 2.38. The number of hydrogen-bond acceptors (Lipinski definition) is 9. The third-order valence-corrected chi connectivity index (χ3v) is 12.9. The number of carbonyl (C=O) groups excluding carboxylic acids is 2. The van der Waals surface area contributed by atoms with Crippen LogP contribution in [-0.2, 0) is 26.8 Å². The van der Waals surface area contributed by atoms with Gasteiger partial charge in [0.25, 0.3) is 6.43 Å². The molecule has 4 fully saturated rings. The number of piperidine rings is 4. The van der Waals surface area contributed by atoms with E-state index in [1.54, 1.807) is 12.1 Å². The molecule has 320 valence electrons. The second-order valence-electron chi connectivity index (χ2n) is 16.0. The number of anilines is 4. The molecule has 19 heteroatoms. The van der Waals surface area contributed by atoms with Crippen LogP contribution in [0.25, 0.3) is 0 Å². The number of hydrogen-bond donors (Lipinski definition) is 3. The Hall–Kier alpha value is -4.36. The molecular weight excluding hydrogens is 806 g/mol. The van der Waals surface area contributed by atoms with Gasteiger partial charge in [-0.05, 0) is 92.8 Å². The van der Waals surface area contributed by atoms with Crippen LogP contribution >= 0.6 is 0 Å². The van der Waals surface area contributed by atoms with Gasteiger partial charge in [-0.3, -0.25) is 14.9 Å². The van der Waals surface area contributed by atoms with E-state index in [4.69, 9.17) is 0 Å². The highest BCUT2D eigenvalue weighted by atomic mass is 32.2. The SMILES string of the molecule is CC1CCCN(c2nc(Nc3ccc(S(=O)NC4CCN(CC5CCN(c6ccc(C7CCC(=O)NC7=O)cc6F)CC5)CC4F)cc3C(F)F)ncc2C(F)(F)F)C1. The first-order chi connectivity index (χ1) is 28.1. The highest BCUT2D eigenvalue weighted by Gasteiger charge is 2.38. The third kappa shape index (κ3) is 10.2. The van der Waals surface area contributed by atoms with Gasteiger partial charge in [0.05, 0.1) is 22.5 Å². The zero-order valence-electron chi connectivity index (χ0n) is 32.4. The Morgan fingerprint density at radius 1 is 0.966 bits per heavy atom. The minimum atomic E-state index is -4.72. The Balaban J connectivity index is 0.914. The number of carbonyl (C=O) groups is 2. The molecule has 4 saturated heterocycles. The van der Waals surface area contributed by atoms with E-state index in [2.05, 4.69) is 25.3 Å². The standard InChI is InChI=1S/C40H47F7N8O3S/c1-23-3-2-13-55(20-23)37-29(40(45,46)47)19-48-39(51-37)49-32-7-5-26(18-28(32)36(43)44)59(58)52-33-12-14-53(22-31(33)42)21-24-10-15-54(16-11-24)34-8-4-25(17-30(34)41)27-6-9-35(56)50-38(27)57/h4-5,7-8,17-19,23-24,27,31,33,36,52H,2-3,6,9-16,20-22H2,1H3,(H,48,49,51)(H,50,56,57). The zero-order chi connectivity index (χ0) is 42.0. The largest absolute Gasteiger partial charge is 0.421 e. The lowest BCUT2D eigenvalue weighted by molar-refractivity contribution is -0.138. The Kier molecular flexibility index (Phi) is 13.1. The summed E-state index contributed by atoms with van der Waals surface area (Å²) >= 11 is 0. The number of rotatable bonds is 11. The molecule has 1 aromatic heterocycles. The van der Waals surface area contributed by atoms with Crippen molar-refractivity contribution in [2.24, 2.45) is 11.8 Å². The van der Waals surface area contributed by atoms with Crippen LogP contribution in [0.4, 0.5) is 53.9 Å². The molecule has 3 aromatic rings. The van der Waals surface area contributed by atoms with Crippen LogP contribution in [0.2, 0.25) is 0 Å². The van der Waals surface area contributed by atoms with E-state index in [9.17, 15) is 35.8 Å². The lowest BCUT2D eigenvalue weighted by Gasteiger charge is -2.39. The molecule has 0 saturated carbocycles. The summed E-state index contributed by atoms with van der Waals surface area (Å²) in [6.45, 7) is 5.07. The van der Waals surface area contributed by atoms with Crippen LogP contribution in [-0.4, -0.2) is 88.9 Å². The summed E-state index contributed by atoms with van der Waals surface area (Å²) in [6.07, 6.45) is -4.62. The average molecular weight is 853 g/mol. The van der Waals surface area contributed by atoms with Crippen LogP contribution in [0, 0.1) is 17.7 Å². The number of nitrogens with zero attached hydrogens (tertiary/aromatic N) is 5. The van der Waals surface area contributed by atoms with Gasteiger partial charge in [0.1, 0.15) is 34.4 Å². The van der Waals surface area contributed by atoms with Gasteiger partial charge in [-0.2, -0.15) is 18.2 Å². The number of alkyl halides is 6. The van der Waals surface area contributed by atoms with Crippen LogP contribution in [0.15, 0.2) is 47.5 Å². The molecule has 11 nitrogen and oxygen atoms in total. The molecule has 2 amide bonds. The molecule has 0 aliphatic carbocycles. The van der Waals surface area contributed by atoms with E-state index < -0.39 is 64.6 Å². The number of benzene rings is 2. The van der Waals surface area contributed by atoms with Gasteiger partial charge < -0.3 is 20.0 Å². The Labute approximate surface area is 340 Å². The van der Waals surface area contributed by atoms with E-state index in [0.717, 1.165) is 25.3 Å². The Morgan fingerprint density at radius 3 is 2.42 bits per heavy atom. The molecule has 4 aliphatic heterocycles. The van der Waals surface area contributed by atoms with Crippen molar-refractivity contribution in [1.82, 2.24) is 24.9 Å². The first-order valence-corrected chi connectivity index (χ1v) is 21.1. The maximum atomic E-state index is 15.5. The van der Waals surface area contributed by atoms with Crippen molar-refractivity contribution in [1.29, 1.82) is 0 Å². The fourth-order valence-electron chi connectivity index (χ4n) is 8.53. The number of nitrogens with one attached hydrogen (secondary N) is 3. The summed E-state index contributed by atoms with van der Waals surface area (Å²) in [5.74, 6) is -2.00. The molecule has 5 heterocycles.